The van der Waals surface area contributed by atoms with Crippen LogP contribution in [-0.4, -0.2) is 48.8 Å². The van der Waals surface area contributed by atoms with E-state index in [0.717, 1.165) is 62.6 Å². The highest BCUT2D eigenvalue weighted by Gasteiger charge is 2.55. The maximum absolute atomic E-state index is 12.6. The smallest absolute Gasteiger partial charge is 0.331 e. The number of methoxy groups -OCH3 is 1. The summed E-state index contributed by atoms with van der Waals surface area (Å²) in [4.78, 5) is 15.1. The molecular formula is C27H37NO4. The number of carbonyl (C=O) groups is 1. The lowest BCUT2D eigenvalue weighted by Gasteiger charge is -2.58. The molecule has 1 heterocycles. The number of aromatic hydroxyl groups is 1. The third-order valence-corrected chi connectivity index (χ3v) is 8.81. The summed E-state index contributed by atoms with van der Waals surface area (Å²) >= 11 is 0. The zero-order valence-electron chi connectivity index (χ0n) is 19.6. The van der Waals surface area contributed by atoms with E-state index in [1.165, 1.54) is 31.2 Å². The minimum absolute atomic E-state index is 0.0207. The van der Waals surface area contributed by atoms with Crippen LogP contribution in [0.15, 0.2) is 12.1 Å². The van der Waals surface area contributed by atoms with Crippen LogP contribution in [-0.2, 0) is 21.4 Å². The first-order chi connectivity index (χ1) is 15.5. The number of phenols is 1. The Balaban J connectivity index is 1.52. The number of fused-ring (bicyclic) bond motifs is 1. The molecule has 5 nitrogen and oxygen atoms in total. The van der Waals surface area contributed by atoms with Crippen molar-refractivity contribution >= 4 is 12.0 Å². The number of nitrogens with zero attached hydrogens (tertiary/aromatic N) is 1. The number of phenolic OH excluding ortho intramolecular Hbond substituents is 1. The van der Waals surface area contributed by atoms with Crippen molar-refractivity contribution in [1.82, 2.24) is 4.90 Å². The zero-order valence-corrected chi connectivity index (χ0v) is 19.6. The van der Waals surface area contributed by atoms with E-state index in [1.807, 2.05) is 12.1 Å². The number of hydrogen-bond donors (Lipinski definition) is 1. The molecule has 1 aromatic carbocycles. The van der Waals surface area contributed by atoms with Crippen LogP contribution in [0.3, 0.4) is 0 Å². The van der Waals surface area contributed by atoms with Crippen LogP contribution in [0.5, 0.6) is 11.5 Å². The summed E-state index contributed by atoms with van der Waals surface area (Å²) in [5, 5.41) is 11.3. The molecule has 2 saturated carbocycles. The van der Waals surface area contributed by atoms with E-state index in [1.54, 1.807) is 13.2 Å². The summed E-state index contributed by atoms with van der Waals surface area (Å²) in [5.41, 5.74) is 3.30. The summed E-state index contributed by atoms with van der Waals surface area (Å²) in [6.07, 6.45) is 15.8. The standard InChI is InChI=1S/C27H37NO4/c1-28-15-14-27-13-7-6-10-21(27)22(28)17-20-18(16-23(31-2)26(30)25(20)27)11-12-24(29)32-19-8-4-3-5-9-19/h11-12,16,19,21-22,30H,3-10,13-15,17H2,1-2H3/b12-11+. The van der Waals surface area contributed by atoms with Crippen LogP contribution in [0.2, 0.25) is 0 Å². The van der Waals surface area contributed by atoms with Gasteiger partial charge in [0, 0.05) is 23.1 Å². The van der Waals surface area contributed by atoms with Crippen molar-refractivity contribution in [1.29, 1.82) is 0 Å². The van der Waals surface area contributed by atoms with Crippen molar-refractivity contribution in [3.05, 3.63) is 28.8 Å². The highest BCUT2D eigenvalue weighted by atomic mass is 16.5. The Hall–Kier alpha value is -2.01. The molecule has 3 atom stereocenters. The van der Waals surface area contributed by atoms with E-state index >= 15 is 0 Å². The van der Waals surface area contributed by atoms with Gasteiger partial charge in [-0.15, -0.1) is 0 Å². The largest absolute Gasteiger partial charge is 0.504 e. The van der Waals surface area contributed by atoms with E-state index < -0.39 is 0 Å². The van der Waals surface area contributed by atoms with Crippen molar-refractivity contribution in [2.45, 2.75) is 88.2 Å². The number of likely N-dealkylation sites (tertiary alicyclic amines) is 1. The quantitative estimate of drug-likeness (QED) is 0.530. The van der Waals surface area contributed by atoms with Crippen LogP contribution in [0.4, 0.5) is 0 Å². The summed E-state index contributed by atoms with van der Waals surface area (Å²) in [6, 6.07) is 2.39. The molecule has 3 aliphatic carbocycles. The number of hydrogen-bond acceptors (Lipinski definition) is 5. The highest BCUT2D eigenvalue weighted by Crippen LogP contribution is 2.59. The molecule has 3 unspecified atom stereocenters. The predicted octanol–water partition coefficient (Wildman–Crippen LogP) is 4.98. The normalized spacial score (nSPS) is 30.6. The number of piperidine rings is 1. The third-order valence-electron chi connectivity index (χ3n) is 8.81. The van der Waals surface area contributed by atoms with E-state index in [9.17, 15) is 9.90 Å². The van der Waals surface area contributed by atoms with Gasteiger partial charge < -0.3 is 19.5 Å². The Morgan fingerprint density at radius 1 is 1.16 bits per heavy atom. The first-order valence-electron chi connectivity index (χ1n) is 12.6. The molecule has 0 spiro atoms. The summed E-state index contributed by atoms with van der Waals surface area (Å²) in [6.45, 7) is 1.07. The van der Waals surface area contributed by atoms with Gasteiger partial charge in [-0.25, -0.2) is 4.79 Å². The molecule has 0 aromatic heterocycles. The number of likely N-dealkylation sites (N-methyl/N-ethyl adjacent to an activating group) is 1. The molecule has 1 N–H and O–H groups in total. The molecule has 1 saturated heterocycles. The minimum atomic E-state index is -0.264. The Morgan fingerprint density at radius 2 is 1.94 bits per heavy atom. The van der Waals surface area contributed by atoms with E-state index in [0.29, 0.717) is 23.5 Å². The molecule has 0 amide bonds. The van der Waals surface area contributed by atoms with E-state index in [4.69, 9.17) is 9.47 Å². The topological polar surface area (TPSA) is 59.0 Å². The van der Waals surface area contributed by atoms with Crippen LogP contribution in [0.25, 0.3) is 6.08 Å². The van der Waals surface area contributed by atoms with E-state index in [-0.39, 0.29) is 17.5 Å². The molecule has 174 valence electrons. The van der Waals surface area contributed by atoms with Gasteiger partial charge in [-0.1, -0.05) is 19.3 Å². The van der Waals surface area contributed by atoms with Gasteiger partial charge in [-0.05, 0) is 94.1 Å². The lowest BCUT2D eigenvalue weighted by molar-refractivity contribution is -0.144. The Labute approximate surface area is 191 Å². The van der Waals surface area contributed by atoms with Gasteiger partial charge in [0.15, 0.2) is 11.5 Å². The van der Waals surface area contributed by atoms with Gasteiger partial charge in [-0.2, -0.15) is 0 Å². The van der Waals surface area contributed by atoms with Crippen LogP contribution < -0.4 is 4.74 Å². The first kappa shape index (κ1) is 21.8. The number of esters is 1. The number of carbonyl (C=O) groups excluding carboxylic acids is 1. The monoisotopic (exact) mass is 439 g/mol. The van der Waals surface area contributed by atoms with Gasteiger partial charge in [0.25, 0.3) is 0 Å². The van der Waals surface area contributed by atoms with Gasteiger partial charge in [0.2, 0.25) is 0 Å². The zero-order chi connectivity index (χ0) is 22.3. The maximum Gasteiger partial charge on any atom is 0.331 e. The second-order valence-corrected chi connectivity index (χ2v) is 10.4. The summed E-state index contributed by atoms with van der Waals surface area (Å²) < 4.78 is 11.3. The second kappa shape index (κ2) is 8.74. The number of benzene rings is 1. The number of ether oxygens (including phenoxy) is 2. The average Bonchev–Trinajstić information content (AvgIpc) is 2.81. The molecule has 5 heteroatoms. The van der Waals surface area contributed by atoms with Gasteiger partial charge in [-0.3, -0.25) is 0 Å². The van der Waals surface area contributed by atoms with Crippen molar-refractivity contribution in [3.8, 4) is 11.5 Å². The molecule has 1 aliphatic heterocycles. The fraction of sp³-hybridized carbons (Fsp3) is 0.667. The predicted molar refractivity (Wildman–Crippen MR) is 125 cm³/mol. The summed E-state index contributed by atoms with van der Waals surface area (Å²) in [5.74, 6) is 1.15. The maximum atomic E-state index is 12.6. The Bertz CT molecular complexity index is 903. The van der Waals surface area contributed by atoms with Crippen molar-refractivity contribution in [2.75, 3.05) is 20.7 Å². The molecule has 32 heavy (non-hydrogen) atoms. The second-order valence-electron chi connectivity index (χ2n) is 10.4. The fourth-order valence-electron chi connectivity index (χ4n) is 7.24. The van der Waals surface area contributed by atoms with E-state index in [2.05, 4.69) is 11.9 Å². The van der Waals surface area contributed by atoms with Crippen molar-refractivity contribution in [3.63, 3.8) is 0 Å². The van der Waals surface area contributed by atoms with Crippen molar-refractivity contribution in [2.24, 2.45) is 5.92 Å². The summed E-state index contributed by atoms with van der Waals surface area (Å²) in [7, 11) is 3.86. The van der Waals surface area contributed by atoms with Crippen molar-refractivity contribution < 1.29 is 19.4 Å². The van der Waals surface area contributed by atoms with Crippen LogP contribution >= 0.6 is 0 Å². The minimum Gasteiger partial charge on any atom is -0.504 e. The van der Waals surface area contributed by atoms with Gasteiger partial charge in [0.1, 0.15) is 6.10 Å². The van der Waals surface area contributed by atoms with Gasteiger partial charge >= 0.3 is 5.97 Å². The molecule has 4 aliphatic rings. The lowest BCUT2D eigenvalue weighted by atomic mass is 9.52. The Morgan fingerprint density at radius 3 is 2.72 bits per heavy atom. The Kier molecular flexibility index (Phi) is 5.96. The van der Waals surface area contributed by atoms with Gasteiger partial charge in [0.05, 0.1) is 7.11 Å². The van der Waals surface area contributed by atoms with Crippen LogP contribution in [0.1, 0.15) is 80.9 Å². The first-order valence-corrected chi connectivity index (χ1v) is 12.6. The average molecular weight is 440 g/mol. The molecule has 2 bridgehead atoms. The van der Waals surface area contributed by atoms with Crippen LogP contribution in [0, 0.1) is 5.92 Å². The highest BCUT2D eigenvalue weighted by molar-refractivity contribution is 5.88. The SMILES string of the molecule is COc1cc(/C=C/C(=O)OC2CCCCC2)c2c(c1O)C13CCCCC1C(C2)N(C)CC3. The number of rotatable bonds is 4. The molecule has 3 fully saturated rings. The third kappa shape index (κ3) is 3.63. The molecule has 0 radical (unpaired) electrons. The molecular weight excluding hydrogens is 402 g/mol. The molecule has 1 aromatic rings. The fourth-order valence-corrected chi connectivity index (χ4v) is 7.24. The lowest BCUT2D eigenvalue weighted by Crippen LogP contribution is -2.60. The molecule has 5 rings (SSSR count).